The Kier molecular flexibility index (Phi) is 3.67. The van der Waals surface area contributed by atoms with E-state index in [1.54, 1.807) is 11.3 Å². The van der Waals surface area contributed by atoms with E-state index in [4.69, 9.17) is 10.5 Å². The van der Waals surface area contributed by atoms with Crippen molar-refractivity contribution in [1.82, 2.24) is 9.36 Å². The van der Waals surface area contributed by atoms with Crippen LogP contribution in [0.3, 0.4) is 0 Å². The third kappa shape index (κ3) is 2.72. The first-order valence-corrected chi connectivity index (χ1v) is 7.91. The molecule has 1 aliphatic heterocycles. The average Bonchev–Trinajstić information content (AvgIpc) is 2.97. The van der Waals surface area contributed by atoms with Crippen LogP contribution in [0.1, 0.15) is 17.8 Å². The molecular weight excluding hydrogens is 280 g/mol. The highest BCUT2D eigenvalue weighted by atomic mass is 32.1. The summed E-state index contributed by atoms with van der Waals surface area (Å²) in [4.78, 5) is 4.50. The van der Waals surface area contributed by atoms with Crippen molar-refractivity contribution in [2.45, 2.75) is 25.8 Å². The van der Waals surface area contributed by atoms with Crippen molar-refractivity contribution in [3.8, 4) is 11.3 Å². The molecule has 0 radical (unpaired) electrons. The van der Waals surface area contributed by atoms with E-state index in [0.717, 1.165) is 47.3 Å². The van der Waals surface area contributed by atoms with Gasteiger partial charge in [-0.3, -0.25) is 0 Å². The fraction of sp³-hybridized carbons (Fsp3) is 0.500. The average molecular weight is 296 g/mol. The topological polar surface area (TPSA) is 73.1 Å². The lowest BCUT2D eigenvalue weighted by Gasteiger charge is -2.23. The predicted octanol–water partition coefficient (Wildman–Crippen LogP) is 2.75. The maximum Gasteiger partial charge on any atom is 0.148 e. The molecule has 2 aromatic heterocycles. The summed E-state index contributed by atoms with van der Waals surface area (Å²) in [5.74, 6) is 0.550. The maximum absolute atomic E-state index is 5.98. The van der Waals surface area contributed by atoms with Gasteiger partial charge >= 0.3 is 0 Å². The highest BCUT2D eigenvalue weighted by Gasteiger charge is 2.20. The van der Waals surface area contributed by atoms with E-state index in [2.05, 4.69) is 14.7 Å². The molecule has 7 heteroatoms. The zero-order valence-corrected chi connectivity index (χ0v) is 12.3. The van der Waals surface area contributed by atoms with Gasteiger partial charge in [0.15, 0.2) is 0 Å². The minimum Gasteiger partial charge on any atom is -0.382 e. The van der Waals surface area contributed by atoms with Crippen LogP contribution >= 0.6 is 22.9 Å². The smallest absolute Gasteiger partial charge is 0.148 e. The van der Waals surface area contributed by atoms with Crippen LogP contribution in [-0.4, -0.2) is 28.6 Å². The van der Waals surface area contributed by atoms with Gasteiger partial charge in [0, 0.05) is 12.0 Å². The van der Waals surface area contributed by atoms with Crippen LogP contribution in [0.15, 0.2) is 5.38 Å². The third-order valence-electron chi connectivity index (χ3n) is 3.09. The van der Waals surface area contributed by atoms with Gasteiger partial charge in [0.05, 0.1) is 28.9 Å². The number of nitrogens with zero attached hydrogens (tertiary/aromatic N) is 2. The monoisotopic (exact) mass is 296 g/mol. The molecule has 102 valence electrons. The summed E-state index contributed by atoms with van der Waals surface area (Å²) < 4.78 is 9.74. The minimum atomic E-state index is 0.340. The first kappa shape index (κ1) is 12.8. The lowest BCUT2D eigenvalue weighted by atomic mass is 10.1. The number of aryl methyl sites for hydroxylation is 1. The van der Waals surface area contributed by atoms with E-state index in [1.807, 2.05) is 12.3 Å². The van der Waals surface area contributed by atoms with Crippen molar-refractivity contribution in [3.05, 3.63) is 10.4 Å². The third-order valence-corrected chi connectivity index (χ3v) is 4.66. The first-order chi connectivity index (χ1) is 9.24. The molecule has 1 fully saturated rings. The molecule has 0 amide bonds. The number of ether oxygens (including phenoxy) is 1. The largest absolute Gasteiger partial charge is 0.382 e. The molecule has 0 aliphatic carbocycles. The van der Waals surface area contributed by atoms with Gasteiger partial charge in [-0.05, 0) is 31.3 Å². The van der Waals surface area contributed by atoms with E-state index in [1.165, 1.54) is 11.5 Å². The molecule has 19 heavy (non-hydrogen) atoms. The van der Waals surface area contributed by atoms with E-state index < -0.39 is 0 Å². The number of anilines is 2. The second kappa shape index (κ2) is 5.44. The van der Waals surface area contributed by atoms with Crippen molar-refractivity contribution in [2.75, 3.05) is 24.3 Å². The van der Waals surface area contributed by atoms with Crippen molar-refractivity contribution in [1.29, 1.82) is 0 Å². The van der Waals surface area contributed by atoms with Gasteiger partial charge in [0.2, 0.25) is 0 Å². The molecule has 0 saturated carbocycles. The summed E-state index contributed by atoms with van der Waals surface area (Å²) in [6.07, 6.45) is 2.21. The summed E-state index contributed by atoms with van der Waals surface area (Å²) >= 11 is 3.02. The van der Waals surface area contributed by atoms with Crippen LogP contribution in [0.25, 0.3) is 11.3 Å². The highest BCUT2D eigenvalue weighted by molar-refractivity contribution is 7.11. The zero-order valence-electron chi connectivity index (χ0n) is 10.7. The van der Waals surface area contributed by atoms with Crippen LogP contribution in [0.4, 0.5) is 10.8 Å². The van der Waals surface area contributed by atoms with Crippen molar-refractivity contribution < 1.29 is 4.74 Å². The van der Waals surface area contributed by atoms with E-state index in [9.17, 15) is 0 Å². The molecule has 3 rings (SSSR count). The number of thiazole rings is 1. The number of rotatable bonds is 3. The first-order valence-electron chi connectivity index (χ1n) is 6.26. The van der Waals surface area contributed by atoms with Gasteiger partial charge < -0.3 is 15.8 Å². The maximum atomic E-state index is 5.98. The molecule has 0 aromatic carbocycles. The summed E-state index contributed by atoms with van der Waals surface area (Å²) in [5, 5.41) is 7.55. The Bertz CT molecular complexity index is 560. The Morgan fingerprint density at radius 3 is 3.11 bits per heavy atom. The minimum absolute atomic E-state index is 0.340. The normalized spacial score (nSPS) is 19.5. The molecule has 1 aliphatic rings. The molecule has 3 N–H and O–H groups in total. The van der Waals surface area contributed by atoms with E-state index >= 15 is 0 Å². The fourth-order valence-corrected chi connectivity index (χ4v) is 3.57. The van der Waals surface area contributed by atoms with Gasteiger partial charge in [-0.15, -0.1) is 11.3 Å². The quantitative estimate of drug-likeness (QED) is 0.911. The number of nitrogens with two attached hydrogens (primary N) is 1. The van der Waals surface area contributed by atoms with Gasteiger partial charge in [-0.1, -0.05) is 0 Å². The zero-order chi connectivity index (χ0) is 13.2. The van der Waals surface area contributed by atoms with Gasteiger partial charge in [0.25, 0.3) is 0 Å². The van der Waals surface area contributed by atoms with E-state index in [0.29, 0.717) is 11.9 Å². The molecule has 1 saturated heterocycles. The second-order valence-electron chi connectivity index (χ2n) is 4.58. The molecule has 2 aromatic rings. The van der Waals surface area contributed by atoms with Crippen LogP contribution in [0.2, 0.25) is 0 Å². The number of nitrogen functional groups attached to an aromatic ring is 1. The lowest BCUT2D eigenvalue weighted by Crippen LogP contribution is -2.29. The molecule has 1 atom stereocenters. The molecule has 1 unspecified atom stereocenters. The van der Waals surface area contributed by atoms with Crippen molar-refractivity contribution >= 4 is 33.7 Å². The summed E-state index contributed by atoms with van der Waals surface area (Å²) in [6, 6.07) is 0.340. The summed E-state index contributed by atoms with van der Waals surface area (Å²) in [5.41, 5.74) is 7.82. The Morgan fingerprint density at radius 1 is 1.53 bits per heavy atom. The number of nitrogens with one attached hydrogen (secondary N) is 1. The Hall–Kier alpha value is -1.18. The molecule has 3 heterocycles. The standard InChI is InChI=1S/C12H16N4OS2/c1-7-14-9(6-18-7)10-11(13)16-19-12(10)15-8-3-2-4-17-5-8/h6,8,15H,2-5H2,1H3,(H2,13,16). The highest BCUT2D eigenvalue weighted by Crippen LogP contribution is 2.37. The molecular formula is C12H16N4OS2. The molecule has 5 nitrogen and oxygen atoms in total. The fourth-order valence-electron chi connectivity index (χ4n) is 2.17. The predicted molar refractivity (Wildman–Crippen MR) is 79.8 cm³/mol. The second-order valence-corrected chi connectivity index (χ2v) is 6.42. The number of hydrogen-bond donors (Lipinski definition) is 2. The van der Waals surface area contributed by atoms with Crippen LogP contribution in [-0.2, 0) is 4.74 Å². The molecule has 0 bridgehead atoms. The molecule has 0 spiro atoms. The van der Waals surface area contributed by atoms with Crippen LogP contribution in [0.5, 0.6) is 0 Å². The van der Waals surface area contributed by atoms with Crippen LogP contribution in [0, 0.1) is 6.92 Å². The van der Waals surface area contributed by atoms with E-state index in [-0.39, 0.29) is 0 Å². The lowest BCUT2D eigenvalue weighted by molar-refractivity contribution is 0.0877. The SMILES string of the molecule is Cc1nc(-c2c(N)nsc2NC2CCCOC2)cs1. The van der Waals surface area contributed by atoms with Crippen molar-refractivity contribution in [2.24, 2.45) is 0 Å². The van der Waals surface area contributed by atoms with Gasteiger partial charge in [-0.25, -0.2) is 4.98 Å². The van der Waals surface area contributed by atoms with Crippen LogP contribution < -0.4 is 11.1 Å². The van der Waals surface area contributed by atoms with Crippen molar-refractivity contribution in [3.63, 3.8) is 0 Å². The Morgan fingerprint density at radius 2 is 2.42 bits per heavy atom. The Labute approximate surface area is 120 Å². The number of aromatic nitrogens is 2. The van der Waals surface area contributed by atoms with Gasteiger partial charge in [-0.2, -0.15) is 4.37 Å². The van der Waals surface area contributed by atoms with Gasteiger partial charge in [0.1, 0.15) is 10.8 Å². The summed E-state index contributed by atoms with van der Waals surface area (Å²) in [6.45, 7) is 3.60. The number of hydrogen-bond acceptors (Lipinski definition) is 7. The summed E-state index contributed by atoms with van der Waals surface area (Å²) in [7, 11) is 0. The Balaban J connectivity index is 1.85.